The molecule has 0 aromatic rings. The second-order valence-electron chi connectivity index (χ2n) is 6.88. The minimum absolute atomic E-state index is 0.727. The van der Waals surface area contributed by atoms with Crippen LogP contribution in [-0.2, 0) is 0 Å². The fraction of sp³-hybridized carbons (Fsp3) is 1.00. The smallest absolute Gasteiger partial charge is 0.00379 e. The van der Waals surface area contributed by atoms with Crippen LogP contribution in [0.5, 0.6) is 0 Å². The molecule has 17 heavy (non-hydrogen) atoms. The van der Waals surface area contributed by atoms with E-state index in [-0.39, 0.29) is 0 Å². The van der Waals surface area contributed by atoms with Gasteiger partial charge in [-0.3, -0.25) is 0 Å². The summed E-state index contributed by atoms with van der Waals surface area (Å²) in [5.74, 6) is 0. The average Bonchev–Trinajstić information content (AvgIpc) is 3.14. The molecule has 3 aliphatic rings. The van der Waals surface area contributed by atoms with Gasteiger partial charge in [0.15, 0.2) is 0 Å². The first-order valence-corrected chi connectivity index (χ1v) is 7.69. The maximum absolute atomic E-state index is 3.51. The summed E-state index contributed by atoms with van der Waals surface area (Å²) < 4.78 is 0. The Bertz CT molecular complexity index is 254. The van der Waals surface area contributed by atoms with Gasteiger partial charge in [-0.2, -0.15) is 0 Å². The third-order valence-electron chi connectivity index (χ3n) is 5.85. The maximum Gasteiger partial charge on any atom is 0.00379 e. The second-order valence-corrected chi connectivity index (χ2v) is 6.88. The van der Waals surface area contributed by atoms with Crippen LogP contribution in [0.3, 0.4) is 0 Å². The van der Waals surface area contributed by atoms with Crippen LogP contribution in [0.1, 0.15) is 51.9 Å². The minimum atomic E-state index is 0.727. The van der Waals surface area contributed by atoms with Crippen LogP contribution in [0.2, 0.25) is 0 Å². The molecule has 0 aromatic carbocycles. The zero-order valence-electron chi connectivity index (χ0n) is 11.4. The Labute approximate surface area is 106 Å². The van der Waals surface area contributed by atoms with Crippen LogP contribution in [0.25, 0.3) is 0 Å². The monoisotopic (exact) mass is 236 g/mol. The minimum Gasteiger partial charge on any atom is -0.317 e. The molecular formula is C15H28N2. The van der Waals surface area contributed by atoms with Gasteiger partial charge < -0.3 is 10.2 Å². The van der Waals surface area contributed by atoms with Gasteiger partial charge in [-0.1, -0.05) is 6.92 Å². The molecule has 1 aliphatic carbocycles. The molecule has 98 valence electrons. The first-order chi connectivity index (χ1) is 8.26. The number of nitrogens with zero attached hydrogens (tertiary/aromatic N) is 1. The summed E-state index contributed by atoms with van der Waals surface area (Å²) >= 11 is 0. The summed E-state index contributed by atoms with van der Waals surface area (Å²) in [5, 5.41) is 3.51. The molecule has 1 N–H and O–H groups in total. The van der Waals surface area contributed by atoms with Crippen molar-refractivity contribution in [2.45, 2.75) is 51.9 Å². The Balaban J connectivity index is 1.50. The van der Waals surface area contributed by atoms with Gasteiger partial charge in [0, 0.05) is 6.54 Å². The molecule has 1 saturated carbocycles. The summed E-state index contributed by atoms with van der Waals surface area (Å²) in [6, 6.07) is 0. The summed E-state index contributed by atoms with van der Waals surface area (Å²) in [7, 11) is 0. The lowest BCUT2D eigenvalue weighted by atomic mass is 9.71. The van der Waals surface area contributed by atoms with Crippen LogP contribution < -0.4 is 5.32 Å². The van der Waals surface area contributed by atoms with Crippen LogP contribution >= 0.6 is 0 Å². The molecule has 0 unspecified atom stereocenters. The molecule has 2 nitrogen and oxygen atoms in total. The first-order valence-electron chi connectivity index (χ1n) is 7.69. The zero-order chi connectivity index (χ0) is 11.8. The van der Waals surface area contributed by atoms with Crippen LogP contribution in [0.15, 0.2) is 0 Å². The number of rotatable bonds is 3. The number of hydrogen-bond acceptors (Lipinski definition) is 2. The SMILES string of the molecule is CCC1(CN2CCC3(CCNCC3)CC2)CC1. The summed E-state index contributed by atoms with van der Waals surface area (Å²) in [4.78, 5) is 2.77. The highest BCUT2D eigenvalue weighted by molar-refractivity contribution is 4.97. The topological polar surface area (TPSA) is 15.3 Å². The van der Waals surface area contributed by atoms with E-state index in [1.54, 1.807) is 0 Å². The molecule has 2 heteroatoms. The van der Waals surface area contributed by atoms with E-state index >= 15 is 0 Å². The molecule has 3 fully saturated rings. The van der Waals surface area contributed by atoms with Crippen LogP contribution in [-0.4, -0.2) is 37.6 Å². The highest BCUT2D eigenvalue weighted by Gasteiger charge is 2.43. The van der Waals surface area contributed by atoms with Crippen molar-refractivity contribution in [1.82, 2.24) is 10.2 Å². The van der Waals surface area contributed by atoms with Crippen molar-refractivity contribution in [2.24, 2.45) is 10.8 Å². The first kappa shape index (κ1) is 12.0. The predicted molar refractivity (Wildman–Crippen MR) is 72.2 cm³/mol. The van der Waals surface area contributed by atoms with Crippen molar-refractivity contribution in [3.05, 3.63) is 0 Å². The average molecular weight is 236 g/mol. The molecule has 2 aliphatic heterocycles. The van der Waals surface area contributed by atoms with E-state index in [0.717, 1.165) is 10.8 Å². The Kier molecular flexibility index (Phi) is 3.20. The molecule has 3 rings (SSSR count). The fourth-order valence-corrected chi connectivity index (χ4v) is 3.92. The van der Waals surface area contributed by atoms with Gasteiger partial charge in [0.1, 0.15) is 0 Å². The largest absolute Gasteiger partial charge is 0.317 e. The van der Waals surface area contributed by atoms with Crippen molar-refractivity contribution in [2.75, 3.05) is 32.7 Å². The van der Waals surface area contributed by atoms with Crippen LogP contribution in [0, 0.1) is 10.8 Å². The van der Waals surface area contributed by atoms with E-state index in [4.69, 9.17) is 0 Å². The quantitative estimate of drug-likeness (QED) is 0.810. The van der Waals surface area contributed by atoms with Gasteiger partial charge in [-0.25, -0.2) is 0 Å². The molecular weight excluding hydrogens is 208 g/mol. The molecule has 0 bridgehead atoms. The second kappa shape index (κ2) is 4.55. The molecule has 2 heterocycles. The van der Waals surface area contributed by atoms with Gasteiger partial charge in [0.05, 0.1) is 0 Å². The van der Waals surface area contributed by atoms with Gasteiger partial charge in [0.25, 0.3) is 0 Å². The highest BCUT2D eigenvalue weighted by Crippen LogP contribution is 2.50. The van der Waals surface area contributed by atoms with Crippen molar-refractivity contribution >= 4 is 0 Å². The Morgan fingerprint density at radius 1 is 0.941 bits per heavy atom. The lowest BCUT2D eigenvalue weighted by Crippen LogP contribution is -2.46. The van der Waals surface area contributed by atoms with E-state index < -0.39 is 0 Å². The Morgan fingerprint density at radius 2 is 1.59 bits per heavy atom. The molecule has 1 spiro atoms. The van der Waals surface area contributed by atoms with E-state index in [9.17, 15) is 0 Å². The van der Waals surface area contributed by atoms with E-state index in [2.05, 4.69) is 17.1 Å². The standard InChI is InChI=1S/C15H28N2/c1-2-14(3-4-14)13-17-11-7-15(8-12-17)5-9-16-10-6-15/h16H,2-13H2,1H3. The molecule has 0 amide bonds. The van der Waals surface area contributed by atoms with Gasteiger partial charge >= 0.3 is 0 Å². The Morgan fingerprint density at radius 3 is 2.12 bits per heavy atom. The van der Waals surface area contributed by atoms with Crippen molar-refractivity contribution < 1.29 is 0 Å². The number of piperidine rings is 2. The maximum atomic E-state index is 3.51. The summed E-state index contributed by atoms with van der Waals surface area (Å²) in [6.45, 7) is 9.06. The molecule has 0 atom stereocenters. The van der Waals surface area contributed by atoms with E-state index in [1.165, 1.54) is 77.7 Å². The van der Waals surface area contributed by atoms with Crippen molar-refractivity contribution in [3.63, 3.8) is 0 Å². The zero-order valence-corrected chi connectivity index (χ0v) is 11.4. The number of likely N-dealkylation sites (tertiary alicyclic amines) is 1. The van der Waals surface area contributed by atoms with Gasteiger partial charge in [-0.15, -0.1) is 0 Å². The summed E-state index contributed by atoms with van der Waals surface area (Å²) in [5.41, 5.74) is 1.48. The van der Waals surface area contributed by atoms with E-state index in [1.807, 2.05) is 0 Å². The lowest BCUT2D eigenvalue weighted by Gasteiger charge is -2.45. The van der Waals surface area contributed by atoms with Gasteiger partial charge in [0.2, 0.25) is 0 Å². The number of nitrogens with one attached hydrogen (secondary N) is 1. The third kappa shape index (κ3) is 2.53. The van der Waals surface area contributed by atoms with E-state index in [0.29, 0.717) is 0 Å². The molecule has 2 saturated heterocycles. The summed E-state index contributed by atoms with van der Waals surface area (Å²) in [6.07, 6.45) is 10.2. The highest BCUT2D eigenvalue weighted by atomic mass is 15.1. The molecule has 0 aromatic heterocycles. The predicted octanol–water partition coefficient (Wildman–Crippen LogP) is 2.64. The fourth-order valence-electron chi connectivity index (χ4n) is 3.92. The normalized spacial score (nSPS) is 31.6. The lowest BCUT2D eigenvalue weighted by molar-refractivity contribution is 0.0621. The molecule has 0 radical (unpaired) electrons. The van der Waals surface area contributed by atoms with Crippen molar-refractivity contribution in [3.8, 4) is 0 Å². The van der Waals surface area contributed by atoms with Gasteiger partial charge in [-0.05, 0) is 82.0 Å². The third-order valence-corrected chi connectivity index (χ3v) is 5.85. The Hall–Kier alpha value is -0.0800. The van der Waals surface area contributed by atoms with Crippen molar-refractivity contribution in [1.29, 1.82) is 0 Å². The van der Waals surface area contributed by atoms with Crippen LogP contribution in [0.4, 0.5) is 0 Å². The number of hydrogen-bond donors (Lipinski definition) is 1.